The molecule has 0 saturated heterocycles. The van der Waals surface area contributed by atoms with Crippen LogP contribution in [-0.2, 0) is 6.54 Å². The Bertz CT molecular complexity index is 640. The Labute approximate surface area is 120 Å². The van der Waals surface area contributed by atoms with Crippen molar-refractivity contribution in [3.05, 3.63) is 46.2 Å². The lowest BCUT2D eigenvalue weighted by Gasteiger charge is -2.07. The Morgan fingerprint density at radius 3 is 2.90 bits per heavy atom. The molecule has 0 saturated carbocycles. The molecule has 2 aromatic heterocycles. The van der Waals surface area contributed by atoms with Gasteiger partial charge in [-0.15, -0.1) is 0 Å². The molecule has 2 aromatic rings. The van der Waals surface area contributed by atoms with Gasteiger partial charge in [0.15, 0.2) is 0 Å². The number of nitrogens with zero attached hydrogens (tertiary/aromatic N) is 3. The summed E-state index contributed by atoms with van der Waals surface area (Å²) in [6.45, 7) is 2.66. The van der Waals surface area contributed by atoms with Crippen LogP contribution in [0.15, 0.2) is 24.8 Å². The number of nitrogens with one attached hydrogen (secondary N) is 3. The Morgan fingerprint density at radius 1 is 1.48 bits per heavy atom. The summed E-state index contributed by atoms with van der Waals surface area (Å²) in [5.74, 6) is -0.132. The average Bonchev–Trinajstić information content (AvgIpc) is 2.98. The second kappa shape index (κ2) is 6.46. The first-order valence-corrected chi connectivity index (χ1v) is 6.25. The highest BCUT2D eigenvalue weighted by atomic mass is 16.6. The summed E-state index contributed by atoms with van der Waals surface area (Å²) in [6, 6.07) is 1.37. The molecule has 0 unspecified atom stereocenters. The average molecular weight is 290 g/mol. The number of amides is 1. The van der Waals surface area contributed by atoms with Gasteiger partial charge in [0.25, 0.3) is 11.6 Å². The molecular weight excluding hydrogens is 276 g/mol. The van der Waals surface area contributed by atoms with E-state index in [0.717, 1.165) is 6.20 Å². The lowest BCUT2D eigenvalue weighted by atomic mass is 10.2. The molecule has 110 valence electrons. The summed E-state index contributed by atoms with van der Waals surface area (Å²) in [5, 5.41) is 16.5. The second-order valence-electron chi connectivity index (χ2n) is 4.13. The van der Waals surface area contributed by atoms with Gasteiger partial charge >= 0.3 is 0 Å². The van der Waals surface area contributed by atoms with Crippen LogP contribution in [0.2, 0.25) is 0 Å². The first-order valence-electron chi connectivity index (χ1n) is 6.25. The van der Waals surface area contributed by atoms with E-state index >= 15 is 0 Å². The van der Waals surface area contributed by atoms with Crippen molar-refractivity contribution in [1.29, 1.82) is 0 Å². The van der Waals surface area contributed by atoms with Gasteiger partial charge in [-0.2, -0.15) is 0 Å². The van der Waals surface area contributed by atoms with Crippen LogP contribution in [0.4, 0.5) is 11.5 Å². The van der Waals surface area contributed by atoms with E-state index in [1.54, 1.807) is 6.20 Å². The molecule has 0 aromatic carbocycles. The zero-order valence-corrected chi connectivity index (χ0v) is 11.3. The number of nitro groups is 1. The lowest BCUT2D eigenvalue weighted by Crippen LogP contribution is -2.24. The van der Waals surface area contributed by atoms with E-state index in [4.69, 9.17) is 0 Å². The van der Waals surface area contributed by atoms with Crippen LogP contribution in [0.1, 0.15) is 23.0 Å². The molecule has 1 amide bonds. The molecule has 9 nitrogen and oxygen atoms in total. The summed E-state index contributed by atoms with van der Waals surface area (Å²) in [6.07, 6.45) is 4.12. The number of H-pyrrole nitrogens is 1. The Balaban J connectivity index is 2.20. The largest absolute Gasteiger partial charge is 0.370 e. The third-order valence-electron chi connectivity index (χ3n) is 2.68. The van der Waals surface area contributed by atoms with Crippen LogP contribution >= 0.6 is 0 Å². The third kappa shape index (κ3) is 3.53. The van der Waals surface area contributed by atoms with E-state index in [1.165, 1.54) is 12.4 Å². The Morgan fingerprint density at radius 2 is 2.29 bits per heavy atom. The van der Waals surface area contributed by atoms with E-state index in [1.807, 2.05) is 6.92 Å². The van der Waals surface area contributed by atoms with Crippen LogP contribution < -0.4 is 10.6 Å². The van der Waals surface area contributed by atoms with Gasteiger partial charge in [0.1, 0.15) is 17.6 Å². The van der Waals surface area contributed by atoms with E-state index in [9.17, 15) is 14.9 Å². The second-order valence-corrected chi connectivity index (χ2v) is 4.13. The van der Waals surface area contributed by atoms with Crippen LogP contribution in [0, 0.1) is 10.1 Å². The fraction of sp³-hybridized carbons (Fsp3) is 0.250. The molecule has 0 radical (unpaired) electrons. The summed E-state index contributed by atoms with van der Waals surface area (Å²) < 4.78 is 0. The molecule has 9 heteroatoms. The minimum atomic E-state index is -0.631. The topological polar surface area (TPSA) is 126 Å². The maximum Gasteiger partial charge on any atom is 0.300 e. The van der Waals surface area contributed by atoms with Crippen molar-refractivity contribution in [1.82, 2.24) is 20.3 Å². The van der Waals surface area contributed by atoms with Gasteiger partial charge in [-0.25, -0.2) is 9.97 Å². The van der Waals surface area contributed by atoms with Gasteiger partial charge < -0.3 is 15.6 Å². The van der Waals surface area contributed by atoms with E-state index < -0.39 is 10.8 Å². The molecule has 0 aliphatic heterocycles. The van der Waals surface area contributed by atoms with Crippen LogP contribution in [0.25, 0.3) is 0 Å². The quantitative estimate of drug-likeness (QED) is 0.539. The molecule has 0 aliphatic carbocycles. The van der Waals surface area contributed by atoms with Crippen molar-refractivity contribution in [2.45, 2.75) is 13.5 Å². The van der Waals surface area contributed by atoms with Crippen LogP contribution in [0.3, 0.4) is 0 Å². The fourth-order valence-corrected chi connectivity index (χ4v) is 1.71. The Kier molecular flexibility index (Phi) is 4.44. The number of aromatic amines is 1. The molecule has 0 aliphatic rings. The lowest BCUT2D eigenvalue weighted by molar-refractivity contribution is -0.385. The highest BCUT2D eigenvalue weighted by Crippen LogP contribution is 2.20. The van der Waals surface area contributed by atoms with Gasteiger partial charge in [0.2, 0.25) is 0 Å². The van der Waals surface area contributed by atoms with Crippen molar-refractivity contribution in [3.8, 4) is 0 Å². The first-order chi connectivity index (χ1) is 10.1. The molecule has 2 rings (SSSR count). The summed E-state index contributed by atoms with van der Waals surface area (Å²) in [7, 11) is 0. The van der Waals surface area contributed by atoms with E-state index in [0.29, 0.717) is 18.1 Å². The van der Waals surface area contributed by atoms with Gasteiger partial charge in [-0.05, 0) is 6.92 Å². The number of carbonyl (C=O) groups is 1. The summed E-state index contributed by atoms with van der Waals surface area (Å²) in [4.78, 5) is 33.0. The normalized spacial score (nSPS) is 10.1. The van der Waals surface area contributed by atoms with Crippen LogP contribution in [0.5, 0.6) is 0 Å². The van der Waals surface area contributed by atoms with Gasteiger partial charge in [-0.3, -0.25) is 14.9 Å². The number of imidazole rings is 1. The number of pyridine rings is 1. The number of rotatable bonds is 6. The van der Waals surface area contributed by atoms with E-state index in [-0.39, 0.29) is 17.8 Å². The number of aromatic nitrogens is 3. The molecular formula is C12H14N6O3. The number of carbonyl (C=O) groups excluding carboxylic acids is 1. The Hall–Kier alpha value is -2.97. The molecule has 0 bridgehead atoms. The monoisotopic (exact) mass is 290 g/mol. The smallest absolute Gasteiger partial charge is 0.300 e. The molecule has 2 heterocycles. The summed E-state index contributed by atoms with van der Waals surface area (Å²) >= 11 is 0. The van der Waals surface area contributed by atoms with Crippen molar-refractivity contribution >= 4 is 17.4 Å². The number of hydrogen-bond acceptors (Lipinski definition) is 6. The molecule has 0 atom stereocenters. The number of hydrogen-bond donors (Lipinski definition) is 3. The predicted molar refractivity (Wildman–Crippen MR) is 74.8 cm³/mol. The SMILES string of the molecule is CCNc1cc(C(=O)NCc2cnc[nH]2)c([N+](=O)[O-])cn1. The number of anilines is 1. The van der Waals surface area contributed by atoms with Crippen molar-refractivity contribution < 1.29 is 9.72 Å². The maximum atomic E-state index is 12.1. The zero-order valence-electron chi connectivity index (χ0n) is 11.3. The molecule has 0 fully saturated rings. The molecule has 21 heavy (non-hydrogen) atoms. The van der Waals surface area contributed by atoms with Crippen molar-refractivity contribution in [3.63, 3.8) is 0 Å². The molecule has 3 N–H and O–H groups in total. The minimum Gasteiger partial charge on any atom is -0.370 e. The highest BCUT2D eigenvalue weighted by Gasteiger charge is 2.21. The predicted octanol–water partition coefficient (Wildman–Crippen LogP) is 1.07. The van der Waals surface area contributed by atoms with Gasteiger partial charge in [0, 0.05) is 18.8 Å². The van der Waals surface area contributed by atoms with E-state index in [2.05, 4.69) is 25.6 Å². The van der Waals surface area contributed by atoms with Crippen molar-refractivity contribution in [2.24, 2.45) is 0 Å². The van der Waals surface area contributed by atoms with Crippen molar-refractivity contribution in [2.75, 3.05) is 11.9 Å². The summed E-state index contributed by atoms with van der Waals surface area (Å²) in [5.41, 5.74) is 0.330. The first kappa shape index (κ1) is 14.4. The minimum absolute atomic E-state index is 0.0366. The fourth-order valence-electron chi connectivity index (χ4n) is 1.71. The van der Waals surface area contributed by atoms with Gasteiger partial charge in [-0.1, -0.05) is 0 Å². The highest BCUT2D eigenvalue weighted by molar-refractivity contribution is 5.98. The molecule has 0 spiro atoms. The maximum absolute atomic E-state index is 12.1. The standard InChI is InChI=1S/C12H14N6O3/c1-2-14-11-3-9(10(6-15-11)18(20)21)12(19)16-5-8-4-13-7-17-8/h3-4,6-7H,2,5H2,1H3,(H,13,17)(H,14,15)(H,16,19). The van der Waals surface area contributed by atoms with Gasteiger partial charge in [0.05, 0.1) is 23.5 Å². The third-order valence-corrected chi connectivity index (χ3v) is 2.68. The van der Waals surface area contributed by atoms with Crippen LogP contribution in [-0.4, -0.2) is 32.3 Å². The zero-order chi connectivity index (χ0) is 15.2.